The molecule has 3 amide bonds. The Bertz CT molecular complexity index is 1860. The molecule has 3 heterocycles. The molecule has 4 N–H and O–H groups in total. The Hall–Kier alpha value is -4.74. The second kappa shape index (κ2) is 12.7. The average molecular weight is 628 g/mol. The first-order chi connectivity index (χ1) is 21.7. The summed E-state index contributed by atoms with van der Waals surface area (Å²) in [5.41, 5.74) is 6.24. The van der Waals surface area contributed by atoms with Gasteiger partial charge in [0, 0.05) is 54.3 Å². The van der Waals surface area contributed by atoms with Crippen molar-refractivity contribution in [1.29, 1.82) is 0 Å². The molecule has 0 radical (unpaired) electrons. The van der Waals surface area contributed by atoms with Crippen LogP contribution in [0, 0.1) is 6.92 Å². The van der Waals surface area contributed by atoms with Gasteiger partial charge in [-0.05, 0) is 67.6 Å². The van der Waals surface area contributed by atoms with Gasteiger partial charge in [0.05, 0.1) is 17.8 Å². The summed E-state index contributed by atoms with van der Waals surface area (Å²) in [5, 5.41) is 16.6. The minimum atomic E-state index is -0.511. The fraction of sp³-hybridized carbons (Fsp3) is 0.303. The van der Waals surface area contributed by atoms with E-state index in [-0.39, 0.29) is 23.7 Å². The van der Waals surface area contributed by atoms with Crippen LogP contribution in [0.4, 0.5) is 10.5 Å². The van der Waals surface area contributed by atoms with Crippen molar-refractivity contribution in [1.82, 2.24) is 30.7 Å². The van der Waals surface area contributed by atoms with Crippen LogP contribution in [-0.2, 0) is 13.5 Å². The number of hydrogen-bond acceptors (Lipinski definition) is 7. The van der Waals surface area contributed by atoms with E-state index in [0.29, 0.717) is 28.8 Å². The monoisotopic (exact) mass is 627 g/mol. The number of rotatable bonds is 9. The highest BCUT2D eigenvalue weighted by molar-refractivity contribution is 6.36. The van der Waals surface area contributed by atoms with E-state index in [1.54, 1.807) is 13.2 Å². The molecule has 1 aliphatic heterocycles. The molecule has 2 aliphatic rings. The number of anilines is 1. The third-order valence-electron chi connectivity index (χ3n) is 8.48. The number of pyridine rings is 1. The van der Waals surface area contributed by atoms with E-state index in [2.05, 4.69) is 32.4 Å². The number of benzene rings is 2. The summed E-state index contributed by atoms with van der Waals surface area (Å²) in [6, 6.07) is 15.0. The van der Waals surface area contributed by atoms with Crippen molar-refractivity contribution in [2.45, 2.75) is 38.3 Å². The highest BCUT2D eigenvalue weighted by atomic mass is 35.5. The lowest BCUT2D eigenvalue weighted by atomic mass is 9.96. The largest absolute Gasteiger partial charge is 0.481 e. The number of aromatic nitrogens is 3. The zero-order valence-electron chi connectivity index (χ0n) is 25.2. The minimum Gasteiger partial charge on any atom is -0.481 e. The molecule has 0 spiro atoms. The van der Waals surface area contributed by atoms with Crippen molar-refractivity contribution in [3.8, 4) is 28.3 Å². The number of fused-ring (bicyclic) bond motifs is 1. The predicted octanol–water partition coefficient (Wildman–Crippen LogP) is 4.38. The van der Waals surface area contributed by atoms with Crippen LogP contribution in [0.15, 0.2) is 59.5 Å². The first-order valence-corrected chi connectivity index (χ1v) is 15.2. The lowest BCUT2D eigenvalue weighted by Gasteiger charge is -2.19. The lowest BCUT2D eigenvalue weighted by Crippen LogP contribution is -2.31. The van der Waals surface area contributed by atoms with Crippen LogP contribution in [0.1, 0.15) is 45.9 Å². The molecule has 6 rings (SSSR count). The average Bonchev–Trinajstić information content (AvgIpc) is 3.65. The number of hydrogen-bond donors (Lipinski definition) is 4. The van der Waals surface area contributed by atoms with Gasteiger partial charge < -0.3 is 26.0 Å². The Balaban J connectivity index is 1.26. The van der Waals surface area contributed by atoms with Crippen molar-refractivity contribution in [2.75, 3.05) is 25.5 Å². The molecule has 232 valence electrons. The number of carbonyl (C=O) groups excluding carboxylic acids is 2. The molecule has 2 aromatic heterocycles. The molecule has 11 nitrogen and oxygen atoms in total. The first kappa shape index (κ1) is 30.3. The maximum Gasteiger partial charge on any atom is 0.315 e. The van der Waals surface area contributed by atoms with Crippen molar-refractivity contribution in [3.05, 3.63) is 92.4 Å². The molecule has 1 fully saturated rings. The normalized spacial score (nSPS) is 17.0. The first-order valence-electron chi connectivity index (χ1n) is 14.8. The number of nitrogens with one attached hydrogen (secondary N) is 4. The number of nitrogens with zero attached hydrogens (tertiary/aromatic N) is 3. The van der Waals surface area contributed by atoms with E-state index in [4.69, 9.17) is 21.3 Å². The number of ether oxygens (including phenoxy) is 1. The maximum atomic E-state index is 13.0. The molecule has 45 heavy (non-hydrogen) atoms. The minimum absolute atomic E-state index is 0.00557. The van der Waals surface area contributed by atoms with Crippen LogP contribution >= 0.6 is 11.6 Å². The Labute approximate surface area is 265 Å². The van der Waals surface area contributed by atoms with Crippen molar-refractivity contribution in [2.24, 2.45) is 7.05 Å². The summed E-state index contributed by atoms with van der Waals surface area (Å²) in [6.45, 7) is 3.30. The molecule has 1 aliphatic carbocycles. The fourth-order valence-corrected chi connectivity index (χ4v) is 6.41. The lowest BCUT2D eigenvalue weighted by molar-refractivity contribution is 0.102. The van der Waals surface area contributed by atoms with Gasteiger partial charge in [0.1, 0.15) is 5.56 Å². The summed E-state index contributed by atoms with van der Waals surface area (Å²) < 4.78 is 6.92. The number of amides is 3. The van der Waals surface area contributed by atoms with Crippen molar-refractivity contribution >= 4 is 29.2 Å². The second-order valence-corrected chi connectivity index (χ2v) is 11.6. The number of methoxy groups -OCH3 is 1. The van der Waals surface area contributed by atoms with Gasteiger partial charge in [-0.1, -0.05) is 41.9 Å². The molecule has 0 unspecified atom stereocenters. The molecular formula is C33H34ClN7O4. The standard InChI is InChI=1S/C33H34ClN7O4/c1-18-21(6-5-9-25(18)39-30(42)24-13-15-37-41(2)32(24)43)22-7-4-8-23(29(22)34)27-16-19-10-11-26(28(19)31(40-27)45-3)35-14-12-20-17-36-33(44)38-20/h4-9,13,15-16,20,26,35H,10-12,14,17H2,1-3H3,(H,39,42)(H2,36,38,44)/t20-,26+/m1/s1. The van der Waals surface area contributed by atoms with Crippen LogP contribution in [0.3, 0.4) is 0 Å². The van der Waals surface area contributed by atoms with Crippen LogP contribution in [0.25, 0.3) is 22.4 Å². The Morgan fingerprint density at radius 2 is 1.91 bits per heavy atom. The summed E-state index contributed by atoms with van der Waals surface area (Å²) in [6.07, 6.45) is 4.04. The number of aryl methyl sites for hydroxylation is 2. The van der Waals surface area contributed by atoms with E-state index >= 15 is 0 Å². The smallest absolute Gasteiger partial charge is 0.315 e. The van der Waals surface area contributed by atoms with Crippen LogP contribution < -0.4 is 31.6 Å². The summed E-state index contributed by atoms with van der Waals surface area (Å²) in [4.78, 5) is 41.7. The Morgan fingerprint density at radius 3 is 2.69 bits per heavy atom. The molecule has 1 saturated heterocycles. The maximum absolute atomic E-state index is 13.0. The van der Waals surface area contributed by atoms with Gasteiger partial charge in [0.2, 0.25) is 5.88 Å². The van der Waals surface area contributed by atoms with Gasteiger partial charge >= 0.3 is 6.03 Å². The van der Waals surface area contributed by atoms with Gasteiger partial charge in [-0.25, -0.2) is 14.5 Å². The summed E-state index contributed by atoms with van der Waals surface area (Å²) >= 11 is 7.09. The zero-order chi connectivity index (χ0) is 31.7. The molecule has 12 heteroatoms. The summed E-state index contributed by atoms with van der Waals surface area (Å²) in [5.74, 6) is 0.0561. The molecule has 0 bridgehead atoms. The zero-order valence-corrected chi connectivity index (χ0v) is 26.0. The molecule has 0 saturated carbocycles. The molecule has 2 aromatic carbocycles. The van der Waals surface area contributed by atoms with E-state index in [0.717, 1.165) is 63.9 Å². The van der Waals surface area contributed by atoms with Crippen molar-refractivity contribution < 1.29 is 14.3 Å². The number of urea groups is 1. The van der Waals surface area contributed by atoms with Gasteiger partial charge in [-0.3, -0.25) is 9.59 Å². The SMILES string of the molecule is COc1nc(-c2cccc(-c3cccc(NC(=O)c4ccnn(C)c4=O)c3C)c2Cl)cc2c1[C@@H](NCC[C@@H]1CNC(=O)N1)CC2. The third-order valence-corrected chi connectivity index (χ3v) is 8.89. The quantitative estimate of drug-likeness (QED) is 0.216. The topological polar surface area (TPSA) is 139 Å². The predicted molar refractivity (Wildman–Crippen MR) is 173 cm³/mol. The van der Waals surface area contributed by atoms with Gasteiger partial charge in [-0.15, -0.1) is 0 Å². The summed E-state index contributed by atoms with van der Waals surface area (Å²) in [7, 11) is 3.13. The van der Waals surface area contributed by atoms with E-state index in [9.17, 15) is 14.4 Å². The van der Waals surface area contributed by atoms with Gasteiger partial charge in [-0.2, -0.15) is 5.10 Å². The van der Waals surface area contributed by atoms with Crippen LogP contribution in [0.5, 0.6) is 5.88 Å². The highest BCUT2D eigenvalue weighted by Crippen LogP contribution is 2.43. The molecule has 2 atom stereocenters. The van der Waals surface area contributed by atoms with Gasteiger partial charge in [0.15, 0.2) is 0 Å². The number of carbonyl (C=O) groups is 2. The fourth-order valence-electron chi connectivity index (χ4n) is 6.08. The third kappa shape index (κ3) is 6.01. The van der Waals surface area contributed by atoms with E-state index in [1.807, 2.05) is 37.3 Å². The molecular weight excluding hydrogens is 594 g/mol. The van der Waals surface area contributed by atoms with Crippen molar-refractivity contribution in [3.63, 3.8) is 0 Å². The van der Waals surface area contributed by atoms with Gasteiger partial charge in [0.25, 0.3) is 11.5 Å². The van der Waals surface area contributed by atoms with E-state index < -0.39 is 11.5 Å². The Kier molecular flexibility index (Phi) is 8.55. The Morgan fingerprint density at radius 1 is 1.13 bits per heavy atom. The van der Waals surface area contributed by atoms with E-state index in [1.165, 1.54) is 19.3 Å². The number of halogens is 1. The van der Waals surface area contributed by atoms with Crippen LogP contribution in [-0.4, -0.2) is 52.9 Å². The second-order valence-electron chi connectivity index (χ2n) is 11.2. The van der Waals surface area contributed by atoms with Crippen LogP contribution in [0.2, 0.25) is 5.02 Å². The molecule has 4 aromatic rings. The highest BCUT2D eigenvalue weighted by Gasteiger charge is 2.29.